The van der Waals surface area contributed by atoms with Crippen LogP contribution in [0, 0.1) is 0 Å². The van der Waals surface area contributed by atoms with Gasteiger partial charge in [-0.1, -0.05) is 13.0 Å². The molecule has 3 nitrogen and oxygen atoms in total. The molecule has 84 valence electrons. The standard InChI is InChI=1S/C11H17NO2S/c1-4-12(11(2,3)10(13)14)8-9-6-5-7-15-9/h5-7H,4,8H2,1-3H3,(H,13,14). The fraction of sp³-hybridized carbons (Fsp3) is 0.545. The van der Waals surface area contributed by atoms with Crippen molar-refractivity contribution in [2.75, 3.05) is 6.54 Å². The highest BCUT2D eigenvalue weighted by atomic mass is 32.1. The number of aliphatic carboxylic acids is 1. The first-order chi connectivity index (χ1) is 6.98. The molecule has 1 aromatic rings. The quantitative estimate of drug-likeness (QED) is 0.840. The fourth-order valence-electron chi connectivity index (χ4n) is 1.43. The van der Waals surface area contributed by atoms with Crippen LogP contribution in [0.2, 0.25) is 0 Å². The molecule has 1 heterocycles. The Morgan fingerprint density at radius 1 is 1.60 bits per heavy atom. The molecule has 0 radical (unpaired) electrons. The van der Waals surface area contributed by atoms with Gasteiger partial charge in [-0.2, -0.15) is 0 Å². The minimum absolute atomic E-state index is 0.702. The van der Waals surface area contributed by atoms with Crippen molar-refractivity contribution in [2.45, 2.75) is 32.9 Å². The third-order valence-corrected chi connectivity index (χ3v) is 3.48. The normalized spacial score (nSPS) is 12.0. The van der Waals surface area contributed by atoms with Crippen molar-refractivity contribution in [3.63, 3.8) is 0 Å². The Morgan fingerprint density at radius 3 is 2.67 bits per heavy atom. The van der Waals surface area contributed by atoms with E-state index in [1.807, 2.05) is 29.3 Å². The van der Waals surface area contributed by atoms with E-state index in [2.05, 4.69) is 0 Å². The Bertz CT molecular complexity index is 319. The van der Waals surface area contributed by atoms with E-state index in [1.165, 1.54) is 4.88 Å². The number of carboxylic acid groups (broad SMARTS) is 1. The molecule has 1 aromatic heterocycles. The number of hydrogen-bond donors (Lipinski definition) is 1. The van der Waals surface area contributed by atoms with Gasteiger partial charge in [-0.05, 0) is 31.8 Å². The maximum atomic E-state index is 11.1. The lowest BCUT2D eigenvalue weighted by Crippen LogP contribution is -2.49. The van der Waals surface area contributed by atoms with Gasteiger partial charge in [0.1, 0.15) is 5.54 Å². The molecule has 0 amide bonds. The van der Waals surface area contributed by atoms with Gasteiger partial charge in [-0.15, -0.1) is 11.3 Å². The van der Waals surface area contributed by atoms with Crippen molar-refractivity contribution in [2.24, 2.45) is 0 Å². The van der Waals surface area contributed by atoms with Crippen LogP contribution in [0.3, 0.4) is 0 Å². The van der Waals surface area contributed by atoms with Gasteiger partial charge in [0.25, 0.3) is 0 Å². The van der Waals surface area contributed by atoms with Crippen LogP contribution in [-0.2, 0) is 11.3 Å². The van der Waals surface area contributed by atoms with Crippen molar-refractivity contribution in [1.29, 1.82) is 0 Å². The predicted molar refractivity (Wildman–Crippen MR) is 62.1 cm³/mol. The van der Waals surface area contributed by atoms with Crippen LogP contribution in [0.25, 0.3) is 0 Å². The topological polar surface area (TPSA) is 40.5 Å². The molecule has 1 rings (SSSR count). The minimum atomic E-state index is -0.807. The Balaban J connectivity index is 2.76. The van der Waals surface area contributed by atoms with E-state index in [1.54, 1.807) is 25.2 Å². The molecular weight excluding hydrogens is 210 g/mol. The van der Waals surface area contributed by atoms with Gasteiger partial charge in [0.2, 0.25) is 0 Å². The van der Waals surface area contributed by atoms with Gasteiger partial charge < -0.3 is 5.11 Å². The molecule has 4 heteroatoms. The minimum Gasteiger partial charge on any atom is -0.480 e. The Hall–Kier alpha value is -0.870. The first-order valence-corrected chi connectivity index (χ1v) is 5.87. The Labute approximate surface area is 94.3 Å². The van der Waals surface area contributed by atoms with E-state index in [4.69, 9.17) is 5.11 Å². The number of nitrogens with zero attached hydrogens (tertiary/aromatic N) is 1. The lowest BCUT2D eigenvalue weighted by Gasteiger charge is -2.33. The summed E-state index contributed by atoms with van der Waals surface area (Å²) in [5.74, 6) is -0.777. The molecule has 1 N–H and O–H groups in total. The Morgan fingerprint density at radius 2 is 2.27 bits per heavy atom. The van der Waals surface area contributed by atoms with E-state index in [0.29, 0.717) is 6.54 Å². The lowest BCUT2D eigenvalue weighted by molar-refractivity contribution is -0.149. The van der Waals surface area contributed by atoms with Gasteiger partial charge in [0.15, 0.2) is 0 Å². The van der Waals surface area contributed by atoms with Crippen molar-refractivity contribution >= 4 is 17.3 Å². The zero-order valence-electron chi connectivity index (χ0n) is 9.36. The summed E-state index contributed by atoms with van der Waals surface area (Å²) in [5.41, 5.74) is -0.807. The van der Waals surface area contributed by atoms with E-state index in [-0.39, 0.29) is 0 Å². The summed E-state index contributed by atoms with van der Waals surface area (Å²) in [4.78, 5) is 14.3. The molecule has 0 aromatic carbocycles. The summed E-state index contributed by atoms with van der Waals surface area (Å²) < 4.78 is 0. The molecule has 0 aliphatic carbocycles. The number of carboxylic acids is 1. The summed E-state index contributed by atoms with van der Waals surface area (Å²) in [5, 5.41) is 11.1. The summed E-state index contributed by atoms with van der Waals surface area (Å²) in [7, 11) is 0. The summed E-state index contributed by atoms with van der Waals surface area (Å²) in [6.07, 6.45) is 0. The monoisotopic (exact) mass is 227 g/mol. The smallest absolute Gasteiger partial charge is 0.323 e. The van der Waals surface area contributed by atoms with Crippen LogP contribution in [0.5, 0.6) is 0 Å². The lowest BCUT2D eigenvalue weighted by atomic mass is 10.0. The maximum absolute atomic E-state index is 11.1. The predicted octanol–water partition coefficient (Wildman–Crippen LogP) is 2.43. The average Bonchev–Trinajstić information content (AvgIpc) is 2.65. The molecule has 0 aliphatic rings. The number of likely N-dealkylation sites (N-methyl/N-ethyl adjacent to an activating group) is 1. The molecule has 0 bridgehead atoms. The van der Waals surface area contributed by atoms with Crippen molar-refractivity contribution in [3.05, 3.63) is 22.4 Å². The highest BCUT2D eigenvalue weighted by molar-refractivity contribution is 7.09. The third-order valence-electron chi connectivity index (χ3n) is 2.62. The second kappa shape index (κ2) is 4.77. The van der Waals surface area contributed by atoms with Crippen LogP contribution in [0.1, 0.15) is 25.6 Å². The number of thiophene rings is 1. The molecule has 0 fully saturated rings. The zero-order chi connectivity index (χ0) is 11.5. The fourth-order valence-corrected chi connectivity index (χ4v) is 2.15. The third kappa shape index (κ3) is 2.79. The first kappa shape index (κ1) is 12.2. The molecular formula is C11H17NO2S. The van der Waals surface area contributed by atoms with Crippen LogP contribution in [-0.4, -0.2) is 28.1 Å². The van der Waals surface area contributed by atoms with Gasteiger partial charge in [-0.25, -0.2) is 0 Å². The molecule has 0 saturated heterocycles. The van der Waals surface area contributed by atoms with Crippen molar-refractivity contribution < 1.29 is 9.90 Å². The highest BCUT2D eigenvalue weighted by Crippen LogP contribution is 2.20. The molecule has 0 aliphatic heterocycles. The number of rotatable bonds is 5. The largest absolute Gasteiger partial charge is 0.480 e. The molecule has 0 spiro atoms. The molecule has 0 saturated carbocycles. The van der Waals surface area contributed by atoms with Crippen LogP contribution < -0.4 is 0 Å². The SMILES string of the molecule is CCN(Cc1cccs1)C(C)(C)C(=O)O. The van der Waals surface area contributed by atoms with Crippen molar-refractivity contribution in [1.82, 2.24) is 4.90 Å². The summed E-state index contributed by atoms with van der Waals surface area (Å²) in [6, 6.07) is 4.02. The van der Waals surface area contributed by atoms with E-state index >= 15 is 0 Å². The zero-order valence-corrected chi connectivity index (χ0v) is 10.2. The van der Waals surface area contributed by atoms with Gasteiger partial charge >= 0.3 is 5.97 Å². The summed E-state index contributed by atoms with van der Waals surface area (Å²) in [6.45, 7) is 6.90. The van der Waals surface area contributed by atoms with E-state index in [9.17, 15) is 4.79 Å². The summed E-state index contributed by atoms with van der Waals surface area (Å²) >= 11 is 1.66. The Kier molecular flexibility index (Phi) is 3.88. The second-order valence-electron chi connectivity index (χ2n) is 3.96. The van der Waals surface area contributed by atoms with Crippen LogP contribution in [0.4, 0.5) is 0 Å². The van der Waals surface area contributed by atoms with Gasteiger partial charge in [0.05, 0.1) is 0 Å². The van der Waals surface area contributed by atoms with E-state index in [0.717, 1.165) is 6.54 Å². The molecule has 15 heavy (non-hydrogen) atoms. The molecule has 0 unspecified atom stereocenters. The van der Waals surface area contributed by atoms with Crippen LogP contribution >= 0.6 is 11.3 Å². The molecule has 0 atom stereocenters. The van der Waals surface area contributed by atoms with Crippen molar-refractivity contribution in [3.8, 4) is 0 Å². The van der Waals surface area contributed by atoms with E-state index < -0.39 is 11.5 Å². The second-order valence-corrected chi connectivity index (χ2v) is 4.99. The highest BCUT2D eigenvalue weighted by Gasteiger charge is 2.33. The number of hydrogen-bond acceptors (Lipinski definition) is 3. The average molecular weight is 227 g/mol. The maximum Gasteiger partial charge on any atom is 0.323 e. The number of carbonyl (C=O) groups is 1. The van der Waals surface area contributed by atoms with Gasteiger partial charge in [-0.3, -0.25) is 9.69 Å². The van der Waals surface area contributed by atoms with Gasteiger partial charge in [0, 0.05) is 11.4 Å². The van der Waals surface area contributed by atoms with Crippen LogP contribution in [0.15, 0.2) is 17.5 Å². The first-order valence-electron chi connectivity index (χ1n) is 4.99.